The topological polar surface area (TPSA) is 50.1 Å². The van der Waals surface area contributed by atoms with Gasteiger partial charge in [0.05, 0.1) is 0 Å². The van der Waals surface area contributed by atoms with Crippen LogP contribution in [-0.4, -0.2) is 5.11 Å². The third-order valence-corrected chi connectivity index (χ3v) is 4.69. The largest absolute Gasteiger partial charge is 0.375 e. The highest BCUT2D eigenvalue weighted by molar-refractivity contribution is 7.80. The summed E-state index contributed by atoms with van der Waals surface area (Å²) in [6.45, 7) is 7.01. The van der Waals surface area contributed by atoms with Crippen molar-refractivity contribution in [1.82, 2.24) is 10.9 Å². The first-order valence-electron chi connectivity index (χ1n) is 5.42. The lowest BCUT2D eigenvalue weighted by Crippen LogP contribution is -2.45. The first kappa shape index (κ1) is 10.7. The zero-order chi connectivity index (χ0) is 11.3. The van der Waals surface area contributed by atoms with E-state index >= 15 is 0 Å². The number of thiocarbonyl (C=S) groups is 1. The smallest absolute Gasteiger partial charge is 0.182 e. The average molecular weight is 225 g/mol. The molecule has 3 nitrogen and oxygen atoms in total. The van der Waals surface area contributed by atoms with Crippen LogP contribution in [0.1, 0.15) is 33.6 Å². The van der Waals surface area contributed by atoms with Gasteiger partial charge in [-0.2, -0.15) is 0 Å². The molecule has 2 unspecified atom stereocenters. The Morgan fingerprint density at radius 2 is 2.20 bits per heavy atom. The Morgan fingerprint density at radius 3 is 2.60 bits per heavy atom. The summed E-state index contributed by atoms with van der Waals surface area (Å²) in [5.74, 6) is 0.679. The molecule has 2 atom stereocenters. The average Bonchev–Trinajstić information content (AvgIpc) is 2.46. The summed E-state index contributed by atoms with van der Waals surface area (Å²) in [5.41, 5.74) is 13.2. The van der Waals surface area contributed by atoms with E-state index in [0.29, 0.717) is 16.4 Å². The lowest BCUT2D eigenvalue weighted by atomic mass is 9.69. The Morgan fingerprint density at radius 1 is 1.53 bits per heavy atom. The van der Waals surface area contributed by atoms with Gasteiger partial charge in [-0.1, -0.05) is 26.8 Å². The molecule has 2 aliphatic carbocycles. The second-order valence-electron chi connectivity index (χ2n) is 5.39. The Hall–Kier alpha value is -0.770. The molecular formula is C11H19N3S. The molecular weight excluding hydrogens is 206 g/mol. The number of nitrogens with two attached hydrogens (primary N) is 1. The highest BCUT2D eigenvalue weighted by Crippen LogP contribution is 2.64. The second kappa shape index (κ2) is 3.11. The fourth-order valence-corrected chi connectivity index (χ4v) is 3.05. The molecule has 0 heterocycles. The molecule has 2 rings (SSSR count). The minimum absolute atomic E-state index is 0.232. The molecule has 0 spiro atoms. The molecule has 2 bridgehead atoms. The van der Waals surface area contributed by atoms with Gasteiger partial charge in [0.2, 0.25) is 0 Å². The summed E-state index contributed by atoms with van der Waals surface area (Å²) in [4.78, 5) is 0. The van der Waals surface area contributed by atoms with Crippen LogP contribution in [0, 0.1) is 16.7 Å². The predicted octanol–water partition coefficient (Wildman–Crippen LogP) is 1.66. The summed E-state index contributed by atoms with van der Waals surface area (Å²) >= 11 is 4.79. The maximum Gasteiger partial charge on any atom is 0.182 e. The Labute approximate surface area is 96.5 Å². The number of hydrazine groups is 1. The van der Waals surface area contributed by atoms with Crippen molar-refractivity contribution in [2.45, 2.75) is 33.6 Å². The molecule has 4 heteroatoms. The van der Waals surface area contributed by atoms with Gasteiger partial charge in [-0.15, -0.1) is 0 Å². The van der Waals surface area contributed by atoms with Crippen molar-refractivity contribution >= 4 is 17.3 Å². The van der Waals surface area contributed by atoms with E-state index in [0.717, 1.165) is 0 Å². The summed E-state index contributed by atoms with van der Waals surface area (Å²) in [6.07, 6.45) is 4.86. The summed E-state index contributed by atoms with van der Waals surface area (Å²) in [7, 11) is 0. The quantitative estimate of drug-likeness (QED) is 0.494. The number of allylic oxidation sites excluding steroid dienone is 2. The van der Waals surface area contributed by atoms with Gasteiger partial charge in [0.1, 0.15) is 0 Å². The van der Waals surface area contributed by atoms with E-state index in [9.17, 15) is 0 Å². The number of fused-ring (bicyclic) bond motifs is 2. The molecule has 0 aromatic heterocycles. The number of hydrogen-bond acceptors (Lipinski definition) is 2. The van der Waals surface area contributed by atoms with Gasteiger partial charge >= 0.3 is 0 Å². The molecule has 1 saturated carbocycles. The van der Waals surface area contributed by atoms with Gasteiger partial charge < -0.3 is 11.2 Å². The van der Waals surface area contributed by atoms with Crippen molar-refractivity contribution < 1.29 is 0 Å². The van der Waals surface area contributed by atoms with Crippen LogP contribution in [0.4, 0.5) is 0 Å². The van der Waals surface area contributed by atoms with Crippen LogP contribution in [0.3, 0.4) is 0 Å². The Bertz CT molecular complexity index is 335. The number of rotatable bonds is 2. The van der Waals surface area contributed by atoms with E-state index in [1.165, 1.54) is 18.5 Å². The fourth-order valence-electron chi connectivity index (χ4n) is 3.00. The monoisotopic (exact) mass is 225 g/mol. The van der Waals surface area contributed by atoms with Gasteiger partial charge in [-0.3, -0.25) is 5.43 Å². The van der Waals surface area contributed by atoms with E-state index in [2.05, 4.69) is 37.7 Å². The molecule has 0 aliphatic heterocycles. The summed E-state index contributed by atoms with van der Waals surface area (Å²) in [5, 5.41) is 0.292. The molecule has 0 amide bonds. The van der Waals surface area contributed by atoms with Crippen LogP contribution in [0.5, 0.6) is 0 Å². The number of hydrogen-bond donors (Lipinski definition) is 3. The van der Waals surface area contributed by atoms with Crippen LogP contribution in [0.15, 0.2) is 11.8 Å². The van der Waals surface area contributed by atoms with Crippen LogP contribution < -0.4 is 16.6 Å². The third-order valence-electron chi connectivity index (χ3n) is 4.59. The molecule has 2 aliphatic rings. The maximum absolute atomic E-state index is 5.41. The minimum Gasteiger partial charge on any atom is -0.375 e. The van der Waals surface area contributed by atoms with Crippen LogP contribution in [0.2, 0.25) is 0 Å². The zero-order valence-corrected chi connectivity index (χ0v) is 10.4. The van der Waals surface area contributed by atoms with Gasteiger partial charge in [0, 0.05) is 11.1 Å². The van der Waals surface area contributed by atoms with Gasteiger partial charge in [-0.05, 0) is 36.4 Å². The molecule has 84 valence electrons. The Kier molecular flexibility index (Phi) is 2.23. The van der Waals surface area contributed by atoms with Crippen molar-refractivity contribution in [3.05, 3.63) is 11.8 Å². The molecule has 0 aromatic rings. The molecule has 0 saturated heterocycles. The second-order valence-corrected chi connectivity index (χ2v) is 5.83. The molecule has 15 heavy (non-hydrogen) atoms. The standard InChI is InChI=1S/C11H19N3S/c1-10(2)7-4-5-11(10,3)8(6-7)13-14-9(12)15/h6-7,13H,4-5H2,1-3H3,(H3,12,14,15). The molecule has 0 aromatic carbocycles. The van der Waals surface area contributed by atoms with Gasteiger partial charge in [-0.25, -0.2) is 0 Å². The Balaban J connectivity index is 2.16. The predicted molar refractivity (Wildman–Crippen MR) is 65.8 cm³/mol. The lowest BCUT2D eigenvalue weighted by molar-refractivity contribution is 0.163. The van der Waals surface area contributed by atoms with E-state index in [-0.39, 0.29) is 5.41 Å². The highest BCUT2D eigenvalue weighted by atomic mass is 32.1. The van der Waals surface area contributed by atoms with Crippen LogP contribution >= 0.6 is 12.2 Å². The molecule has 1 fully saturated rings. The van der Waals surface area contributed by atoms with Gasteiger partial charge in [0.25, 0.3) is 0 Å². The normalized spacial score (nSPS) is 36.2. The minimum atomic E-state index is 0.232. The highest BCUT2D eigenvalue weighted by Gasteiger charge is 2.57. The van der Waals surface area contributed by atoms with E-state index in [4.69, 9.17) is 18.0 Å². The molecule has 0 radical (unpaired) electrons. The summed E-state index contributed by atoms with van der Waals surface area (Å²) in [6, 6.07) is 0. The summed E-state index contributed by atoms with van der Waals surface area (Å²) < 4.78 is 0. The van der Waals surface area contributed by atoms with Crippen molar-refractivity contribution in [3.8, 4) is 0 Å². The van der Waals surface area contributed by atoms with E-state index in [1.54, 1.807) is 0 Å². The van der Waals surface area contributed by atoms with E-state index < -0.39 is 0 Å². The van der Waals surface area contributed by atoms with E-state index in [1.807, 2.05) is 0 Å². The van der Waals surface area contributed by atoms with Crippen LogP contribution in [0.25, 0.3) is 0 Å². The third kappa shape index (κ3) is 1.34. The SMILES string of the molecule is CC12CCC(C=C1NNC(N)=S)C2(C)C. The van der Waals surface area contributed by atoms with Crippen molar-refractivity contribution in [2.24, 2.45) is 22.5 Å². The molecule has 4 N–H and O–H groups in total. The van der Waals surface area contributed by atoms with Crippen LogP contribution in [-0.2, 0) is 0 Å². The van der Waals surface area contributed by atoms with Crippen molar-refractivity contribution in [3.63, 3.8) is 0 Å². The van der Waals surface area contributed by atoms with Gasteiger partial charge in [0.15, 0.2) is 5.11 Å². The first-order valence-corrected chi connectivity index (χ1v) is 5.82. The first-order chi connectivity index (χ1) is 6.88. The van der Waals surface area contributed by atoms with Crippen molar-refractivity contribution in [2.75, 3.05) is 0 Å². The van der Waals surface area contributed by atoms with Crippen molar-refractivity contribution in [1.29, 1.82) is 0 Å². The fraction of sp³-hybridized carbons (Fsp3) is 0.727. The zero-order valence-electron chi connectivity index (χ0n) is 9.55. The maximum atomic E-state index is 5.41. The lowest BCUT2D eigenvalue weighted by Gasteiger charge is -2.37. The number of nitrogens with one attached hydrogen (secondary N) is 2.